The fraction of sp³-hybridized carbons (Fsp3) is 0.391. The van der Waals surface area contributed by atoms with E-state index in [0.29, 0.717) is 16.7 Å². The average Bonchev–Trinajstić information content (AvgIpc) is 2.69. The zero-order chi connectivity index (χ0) is 18.5. The third kappa shape index (κ3) is 4.04. The first-order valence-corrected chi connectivity index (χ1v) is 9.35. The summed E-state index contributed by atoms with van der Waals surface area (Å²) in [5, 5.41) is 0. The molecule has 0 aromatic heterocycles. The molecule has 0 spiro atoms. The summed E-state index contributed by atoms with van der Waals surface area (Å²) < 4.78 is 34.8. The van der Waals surface area contributed by atoms with Crippen LogP contribution in [0.4, 0.5) is 8.78 Å². The maximum absolute atomic E-state index is 14.7. The molecule has 1 aliphatic rings. The minimum atomic E-state index is -0.741. The van der Waals surface area contributed by atoms with E-state index in [-0.39, 0.29) is 12.0 Å². The Morgan fingerprint density at radius 3 is 2.31 bits per heavy atom. The molecule has 0 N–H and O–H groups in total. The Bertz CT molecular complexity index is 744. The van der Waals surface area contributed by atoms with Crippen LogP contribution in [-0.2, 0) is 11.2 Å². The normalized spacial score (nSPS) is 20.1. The predicted molar refractivity (Wildman–Crippen MR) is 102 cm³/mol. The van der Waals surface area contributed by atoms with Crippen molar-refractivity contribution in [1.82, 2.24) is 0 Å². The number of hydrogen-bond donors (Lipinski definition) is 0. The van der Waals surface area contributed by atoms with Gasteiger partial charge in [-0.1, -0.05) is 42.5 Å². The molecule has 1 aliphatic carbocycles. The molecule has 2 aromatic carbocycles. The Balaban J connectivity index is 1.80. The number of halogens is 2. The average molecular weight is 356 g/mol. The van der Waals surface area contributed by atoms with Gasteiger partial charge in [-0.2, -0.15) is 0 Å². The van der Waals surface area contributed by atoms with Crippen LogP contribution in [-0.4, -0.2) is 13.2 Å². The molecule has 1 nitrogen and oxygen atoms in total. The summed E-state index contributed by atoms with van der Waals surface area (Å²) in [6, 6.07) is 11.1. The van der Waals surface area contributed by atoms with E-state index in [1.807, 2.05) is 30.3 Å². The van der Waals surface area contributed by atoms with E-state index >= 15 is 0 Å². The molecule has 0 bridgehead atoms. The monoisotopic (exact) mass is 356 g/mol. The topological polar surface area (TPSA) is 9.23 Å². The molecule has 1 fully saturated rings. The molecule has 0 radical (unpaired) electrons. The first-order valence-electron chi connectivity index (χ1n) is 9.35. The lowest BCUT2D eigenvalue weighted by Gasteiger charge is -2.28. The number of rotatable bonds is 6. The number of aryl methyl sites for hydroxylation is 1. The van der Waals surface area contributed by atoms with Crippen molar-refractivity contribution >= 4 is 0 Å². The minimum Gasteiger partial charge on any atom is -0.381 e. The molecular weight excluding hydrogens is 330 g/mol. The minimum absolute atomic E-state index is 0.0752. The molecule has 1 saturated carbocycles. The molecule has 3 heteroatoms. The van der Waals surface area contributed by atoms with Crippen LogP contribution in [0.3, 0.4) is 0 Å². The molecule has 2 aromatic rings. The van der Waals surface area contributed by atoms with E-state index < -0.39 is 11.6 Å². The fourth-order valence-electron chi connectivity index (χ4n) is 3.83. The highest BCUT2D eigenvalue weighted by molar-refractivity contribution is 5.65. The van der Waals surface area contributed by atoms with Crippen LogP contribution < -0.4 is 0 Å². The van der Waals surface area contributed by atoms with Crippen molar-refractivity contribution in [1.29, 1.82) is 0 Å². The zero-order valence-corrected chi connectivity index (χ0v) is 15.3. The molecule has 0 heterocycles. The first-order chi connectivity index (χ1) is 12.6. The number of allylic oxidation sites excluding steroid dienone is 1. The lowest BCUT2D eigenvalue weighted by Crippen LogP contribution is -2.20. The predicted octanol–water partition coefficient (Wildman–Crippen LogP) is 6.42. The van der Waals surface area contributed by atoms with Gasteiger partial charge in [0, 0.05) is 12.7 Å². The maximum atomic E-state index is 14.7. The number of methoxy groups -OCH3 is 1. The zero-order valence-electron chi connectivity index (χ0n) is 15.3. The Morgan fingerprint density at radius 1 is 1.00 bits per heavy atom. The van der Waals surface area contributed by atoms with Crippen LogP contribution in [0.2, 0.25) is 0 Å². The molecule has 0 unspecified atom stereocenters. The van der Waals surface area contributed by atoms with Crippen molar-refractivity contribution in [3.8, 4) is 11.1 Å². The molecule has 0 amide bonds. The van der Waals surface area contributed by atoms with Crippen LogP contribution in [0.15, 0.2) is 49.1 Å². The molecule has 0 atom stereocenters. The van der Waals surface area contributed by atoms with Gasteiger partial charge in [0.2, 0.25) is 0 Å². The van der Waals surface area contributed by atoms with Crippen molar-refractivity contribution in [3.63, 3.8) is 0 Å². The number of ether oxygens (including phenoxy) is 1. The van der Waals surface area contributed by atoms with Crippen molar-refractivity contribution in [2.75, 3.05) is 7.11 Å². The standard InChI is InChI=1S/C23H26F2O/c1-3-4-5-16-6-8-17(9-7-16)20-14-15-21(23(25)22(20)24)18-10-12-19(26-2)13-11-18/h3,6-9,14-15,18-19H,1,4-5,10-13H2,2H3. The van der Waals surface area contributed by atoms with E-state index in [0.717, 1.165) is 38.5 Å². The third-order valence-electron chi connectivity index (χ3n) is 5.46. The lowest BCUT2D eigenvalue weighted by molar-refractivity contribution is 0.0655. The highest BCUT2D eigenvalue weighted by atomic mass is 19.2. The summed E-state index contributed by atoms with van der Waals surface area (Å²) in [6.07, 6.45) is 7.41. The quantitative estimate of drug-likeness (QED) is 0.542. The molecule has 138 valence electrons. The van der Waals surface area contributed by atoms with Gasteiger partial charge in [-0.15, -0.1) is 6.58 Å². The highest BCUT2D eigenvalue weighted by Crippen LogP contribution is 2.37. The Hall–Kier alpha value is -2.00. The summed E-state index contributed by atoms with van der Waals surface area (Å²) in [7, 11) is 1.71. The van der Waals surface area contributed by atoms with E-state index in [2.05, 4.69) is 6.58 Å². The Morgan fingerprint density at radius 2 is 1.69 bits per heavy atom. The van der Waals surface area contributed by atoms with Crippen LogP contribution in [0, 0.1) is 11.6 Å². The summed E-state index contributed by atoms with van der Waals surface area (Å²) in [6.45, 7) is 3.72. The third-order valence-corrected chi connectivity index (χ3v) is 5.46. The van der Waals surface area contributed by atoms with Crippen molar-refractivity contribution in [2.45, 2.75) is 50.5 Å². The first kappa shape index (κ1) is 18.8. The number of hydrogen-bond acceptors (Lipinski definition) is 1. The second kappa shape index (κ2) is 8.59. The van der Waals surface area contributed by atoms with Crippen LogP contribution in [0.1, 0.15) is 49.1 Å². The van der Waals surface area contributed by atoms with Gasteiger partial charge in [-0.05, 0) is 61.1 Å². The van der Waals surface area contributed by atoms with E-state index in [1.165, 1.54) is 5.56 Å². The summed E-state index contributed by atoms with van der Waals surface area (Å²) in [4.78, 5) is 0. The summed E-state index contributed by atoms with van der Waals surface area (Å²) in [5.74, 6) is -1.36. The van der Waals surface area contributed by atoms with Gasteiger partial charge in [0.1, 0.15) is 0 Å². The lowest BCUT2D eigenvalue weighted by atomic mass is 9.82. The smallest absolute Gasteiger partial charge is 0.166 e. The van der Waals surface area contributed by atoms with Gasteiger partial charge in [0.15, 0.2) is 11.6 Å². The van der Waals surface area contributed by atoms with Gasteiger partial charge in [-0.3, -0.25) is 0 Å². The highest BCUT2D eigenvalue weighted by Gasteiger charge is 2.26. The molecule has 0 saturated heterocycles. The van der Waals surface area contributed by atoms with Gasteiger partial charge in [0.05, 0.1) is 6.10 Å². The Kier molecular flexibility index (Phi) is 6.20. The van der Waals surface area contributed by atoms with E-state index in [4.69, 9.17) is 4.74 Å². The molecular formula is C23H26F2O. The maximum Gasteiger partial charge on any atom is 0.166 e. The molecule has 3 rings (SSSR count). The van der Waals surface area contributed by atoms with Crippen molar-refractivity contribution in [3.05, 3.63) is 71.8 Å². The van der Waals surface area contributed by atoms with Crippen molar-refractivity contribution < 1.29 is 13.5 Å². The second-order valence-electron chi connectivity index (χ2n) is 7.06. The van der Waals surface area contributed by atoms with Gasteiger partial charge >= 0.3 is 0 Å². The summed E-state index contributed by atoms with van der Waals surface area (Å²) >= 11 is 0. The van der Waals surface area contributed by atoms with E-state index in [1.54, 1.807) is 19.2 Å². The van der Waals surface area contributed by atoms with Crippen LogP contribution in [0.25, 0.3) is 11.1 Å². The summed E-state index contributed by atoms with van der Waals surface area (Å²) in [5.41, 5.74) is 2.70. The van der Waals surface area contributed by atoms with E-state index in [9.17, 15) is 8.78 Å². The SMILES string of the molecule is C=CCCc1ccc(-c2ccc(C3CCC(OC)CC3)c(F)c2F)cc1. The van der Waals surface area contributed by atoms with Crippen molar-refractivity contribution in [2.24, 2.45) is 0 Å². The molecule has 0 aliphatic heterocycles. The molecule has 26 heavy (non-hydrogen) atoms. The van der Waals surface area contributed by atoms with Gasteiger partial charge < -0.3 is 4.74 Å². The van der Waals surface area contributed by atoms with Crippen LogP contribution in [0.5, 0.6) is 0 Å². The number of benzene rings is 2. The largest absolute Gasteiger partial charge is 0.381 e. The Labute approximate surface area is 154 Å². The van der Waals surface area contributed by atoms with Gasteiger partial charge in [0.25, 0.3) is 0 Å². The second-order valence-corrected chi connectivity index (χ2v) is 7.06. The fourth-order valence-corrected chi connectivity index (χ4v) is 3.83. The van der Waals surface area contributed by atoms with Crippen LogP contribution >= 0.6 is 0 Å². The van der Waals surface area contributed by atoms with Gasteiger partial charge in [-0.25, -0.2) is 8.78 Å².